The van der Waals surface area contributed by atoms with E-state index in [2.05, 4.69) is 75.5 Å². The molecule has 0 atom stereocenters. The van der Waals surface area contributed by atoms with E-state index in [1.165, 1.54) is 11.1 Å². The van der Waals surface area contributed by atoms with Crippen molar-refractivity contribution < 1.29 is 0 Å². The molecule has 0 N–H and O–H groups in total. The van der Waals surface area contributed by atoms with Crippen LogP contribution in [0.1, 0.15) is 5.56 Å². The molecule has 0 aliphatic carbocycles. The summed E-state index contributed by atoms with van der Waals surface area (Å²) >= 11 is 3.26. The summed E-state index contributed by atoms with van der Waals surface area (Å²) in [5, 5.41) is 10.9. The van der Waals surface area contributed by atoms with Crippen LogP contribution in [0.25, 0.3) is 22.4 Å². The third-order valence-electron chi connectivity index (χ3n) is 4.03. The van der Waals surface area contributed by atoms with Crippen LogP contribution in [-0.2, 0) is 0 Å². The van der Waals surface area contributed by atoms with Crippen LogP contribution in [0.3, 0.4) is 0 Å². The van der Waals surface area contributed by atoms with Gasteiger partial charge in [-0.2, -0.15) is 16.4 Å². The first-order valence-electron chi connectivity index (χ1n) is 8.21. The van der Waals surface area contributed by atoms with Crippen molar-refractivity contribution >= 4 is 28.9 Å². The van der Waals surface area contributed by atoms with E-state index in [1.54, 1.807) is 29.7 Å². The monoisotopic (exact) mass is 375 g/mol. The van der Waals surface area contributed by atoms with Crippen molar-refractivity contribution in [2.24, 2.45) is 10.1 Å². The molecule has 4 aromatic rings. The average Bonchev–Trinajstić information content (AvgIpc) is 3.36. The highest BCUT2D eigenvalue weighted by Crippen LogP contribution is 2.25. The van der Waals surface area contributed by atoms with Crippen LogP contribution in [0.5, 0.6) is 0 Å². The number of thiazole rings is 1. The molecule has 0 fully saturated rings. The van der Waals surface area contributed by atoms with Crippen molar-refractivity contribution in [3.63, 3.8) is 0 Å². The molecule has 0 amide bonds. The van der Waals surface area contributed by atoms with Crippen LogP contribution in [0.15, 0.2) is 86.9 Å². The summed E-state index contributed by atoms with van der Waals surface area (Å²) in [4.78, 5) is 5.23. The van der Waals surface area contributed by atoms with Crippen molar-refractivity contribution in [2.75, 3.05) is 7.05 Å². The van der Waals surface area contributed by atoms with Crippen LogP contribution in [0, 0.1) is 0 Å². The lowest BCUT2D eigenvalue weighted by atomic mass is 10.0. The van der Waals surface area contributed by atoms with Crippen LogP contribution in [0.4, 0.5) is 0 Å². The van der Waals surface area contributed by atoms with Crippen molar-refractivity contribution in [3.8, 4) is 22.4 Å². The van der Waals surface area contributed by atoms with Gasteiger partial charge in [0.25, 0.3) is 0 Å². The van der Waals surface area contributed by atoms with Gasteiger partial charge in [0, 0.05) is 23.6 Å². The average molecular weight is 376 g/mol. The van der Waals surface area contributed by atoms with Gasteiger partial charge < -0.3 is 0 Å². The molecule has 0 aliphatic rings. The first kappa shape index (κ1) is 16.7. The highest BCUT2D eigenvalue weighted by atomic mass is 32.1. The summed E-state index contributed by atoms with van der Waals surface area (Å²) in [7, 11) is 1.80. The molecule has 0 saturated carbocycles. The van der Waals surface area contributed by atoms with Crippen LogP contribution in [-0.4, -0.2) is 17.9 Å². The highest BCUT2D eigenvalue weighted by molar-refractivity contribution is 7.08. The van der Waals surface area contributed by atoms with Crippen molar-refractivity contribution in [2.45, 2.75) is 0 Å². The maximum absolute atomic E-state index is 4.65. The van der Waals surface area contributed by atoms with Crippen LogP contribution in [0.2, 0.25) is 0 Å². The predicted octanol–water partition coefficient (Wildman–Crippen LogP) is 5.36. The molecule has 4 rings (SSSR count). The molecule has 3 nitrogen and oxygen atoms in total. The molecule has 0 saturated heterocycles. The summed E-state index contributed by atoms with van der Waals surface area (Å²) < 4.78 is 1.90. The largest absolute Gasteiger partial charge is 0.261 e. The summed E-state index contributed by atoms with van der Waals surface area (Å²) in [5.74, 6) is 0. The molecule has 0 aliphatic heterocycles. The fourth-order valence-electron chi connectivity index (χ4n) is 2.70. The smallest absolute Gasteiger partial charge is 0.205 e. The van der Waals surface area contributed by atoms with Gasteiger partial charge in [0.15, 0.2) is 0 Å². The molecule has 0 radical (unpaired) electrons. The number of hydrogen-bond donors (Lipinski definition) is 0. The van der Waals surface area contributed by atoms with E-state index < -0.39 is 0 Å². The number of hydrogen-bond acceptors (Lipinski definition) is 4. The minimum absolute atomic E-state index is 0.874. The van der Waals surface area contributed by atoms with E-state index in [0.717, 1.165) is 21.6 Å². The van der Waals surface area contributed by atoms with Gasteiger partial charge in [0.1, 0.15) is 0 Å². The fraction of sp³-hybridized carbons (Fsp3) is 0.0476. The predicted molar refractivity (Wildman–Crippen MR) is 112 cm³/mol. The van der Waals surface area contributed by atoms with Gasteiger partial charge in [-0.05, 0) is 28.0 Å². The van der Waals surface area contributed by atoms with Gasteiger partial charge in [-0.25, -0.2) is 4.68 Å². The third kappa shape index (κ3) is 3.45. The Morgan fingerprint density at radius 3 is 2.27 bits per heavy atom. The zero-order valence-corrected chi connectivity index (χ0v) is 15.9. The van der Waals surface area contributed by atoms with E-state index in [1.807, 2.05) is 22.3 Å². The van der Waals surface area contributed by atoms with Gasteiger partial charge in [0.2, 0.25) is 4.80 Å². The van der Waals surface area contributed by atoms with Gasteiger partial charge in [-0.1, -0.05) is 54.6 Å². The van der Waals surface area contributed by atoms with Gasteiger partial charge >= 0.3 is 0 Å². The fourth-order valence-corrected chi connectivity index (χ4v) is 4.11. The Morgan fingerprint density at radius 1 is 0.846 bits per heavy atom. The second-order valence-corrected chi connectivity index (χ2v) is 7.30. The normalized spacial score (nSPS) is 12.1. The molecule has 2 aromatic carbocycles. The second-order valence-electron chi connectivity index (χ2n) is 5.68. The summed E-state index contributed by atoms with van der Waals surface area (Å²) in [6.45, 7) is 0. The van der Waals surface area contributed by atoms with Gasteiger partial charge in [-0.15, -0.1) is 11.3 Å². The van der Waals surface area contributed by atoms with Crippen molar-refractivity contribution in [1.82, 2.24) is 4.68 Å². The SMILES string of the molecule is CN=c1scc(-c2ccc(-c3ccccc3)cc2)n1N=Cc1ccsc1. The first-order valence-corrected chi connectivity index (χ1v) is 10.0. The lowest BCUT2D eigenvalue weighted by Crippen LogP contribution is -2.11. The molecule has 5 heteroatoms. The van der Waals surface area contributed by atoms with E-state index >= 15 is 0 Å². The standard InChI is InChI=1S/C21H17N3S2/c1-22-21-24(23-13-16-11-12-25-14-16)20(15-26-21)19-9-7-18(8-10-19)17-5-3-2-4-6-17/h2-15H,1H3. The summed E-state index contributed by atoms with van der Waals surface area (Å²) in [6.07, 6.45) is 1.87. The zero-order valence-electron chi connectivity index (χ0n) is 14.2. The second kappa shape index (κ2) is 7.64. The Hall–Kier alpha value is -2.76. The molecule has 0 bridgehead atoms. The van der Waals surface area contributed by atoms with Crippen LogP contribution >= 0.6 is 22.7 Å². The van der Waals surface area contributed by atoms with Crippen molar-refractivity contribution in [1.29, 1.82) is 0 Å². The number of benzene rings is 2. The van der Waals surface area contributed by atoms with E-state index in [0.29, 0.717) is 0 Å². The molecule has 0 spiro atoms. The lowest BCUT2D eigenvalue weighted by molar-refractivity contribution is 0.848. The molecule has 2 heterocycles. The minimum Gasteiger partial charge on any atom is -0.261 e. The molecule has 0 unspecified atom stereocenters. The molecular formula is C21H17N3S2. The van der Waals surface area contributed by atoms with Gasteiger partial charge in [0.05, 0.1) is 11.9 Å². The third-order valence-corrected chi connectivity index (χ3v) is 5.64. The topological polar surface area (TPSA) is 29.6 Å². The molecule has 2 aromatic heterocycles. The minimum atomic E-state index is 0.874. The number of nitrogens with zero attached hydrogens (tertiary/aromatic N) is 3. The number of rotatable bonds is 4. The maximum atomic E-state index is 4.65. The Labute approximate surface area is 160 Å². The van der Waals surface area contributed by atoms with E-state index in [-0.39, 0.29) is 0 Å². The Balaban J connectivity index is 1.71. The quantitative estimate of drug-likeness (QED) is 0.430. The van der Waals surface area contributed by atoms with Crippen LogP contribution < -0.4 is 4.80 Å². The molecular weight excluding hydrogens is 358 g/mol. The Morgan fingerprint density at radius 2 is 1.58 bits per heavy atom. The maximum Gasteiger partial charge on any atom is 0.205 e. The Bertz CT molecular complexity index is 1070. The summed E-state index contributed by atoms with van der Waals surface area (Å²) in [6, 6.07) is 21.0. The zero-order chi connectivity index (χ0) is 17.8. The number of aromatic nitrogens is 1. The first-order chi connectivity index (χ1) is 12.8. The van der Waals surface area contributed by atoms with Crippen molar-refractivity contribution in [3.05, 3.63) is 87.2 Å². The van der Waals surface area contributed by atoms with E-state index in [4.69, 9.17) is 0 Å². The highest BCUT2D eigenvalue weighted by Gasteiger charge is 2.07. The number of thiophene rings is 1. The molecule has 128 valence electrons. The summed E-state index contributed by atoms with van der Waals surface area (Å²) in [5.41, 5.74) is 5.69. The van der Waals surface area contributed by atoms with Gasteiger partial charge in [-0.3, -0.25) is 4.99 Å². The Kier molecular flexibility index (Phi) is 4.91. The lowest BCUT2D eigenvalue weighted by Gasteiger charge is -2.06. The van der Waals surface area contributed by atoms with E-state index in [9.17, 15) is 0 Å². The molecule has 26 heavy (non-hydrogen) atoms.